The third kappa shape index (κ3) is 2.85. The zero-order valence-electron chi connectivity index (χ0n) is 10.1. The second kappa shape index (κ2) is 5.82. The van der Waals surface area contributed by atoms with Crippen molar-refractivity contribution < 1.29 is 9.53 Å². The Morgan fingerprint density at radius 1 is 1.28 bits per heavy atom. The molecule has 0 radical (unpaired) electrons. The molecule has 0 spiro atoms. The highest BCUT2D eigenvalue weighted by Crippen LogP contribution is 2.20. The molecule has 1 N–H and O–H groups in total. The average molecular weight is 242 g/mol. The van der Waals surface area contributed by atoms with Crippen LogP contribution in [0.1, 0.15) is 17.3 Å². The van der Waals surface area contributed by atoms with Gasteiger partial charge in [0.2, 0.25) is 0 Å². The topological polar surface area (TPSA) is 51.2 Å². The van der Waals surface area contributed by atoms with E-state index in [1.165, 1.54) is 6.20 Å². The molecular formula is C14H14N2O2. The van der Waals surface area contributed by atoms with Crippen LogP contribution in [-0.2, 0) is 4.74 Å². The third-order valence-corrected chi connectivity index (χ3v) is 2.37. The van der Waals surface area contributed by atoms with Crippen molar-refractivity contribution in [1.29, 1.82) is 0 Å². The van der Waals surface area contributed by atoms with Crippen LogP contribution in [-0.4, -0.2) is 17.6 Å². The molecule has 1 aromatic heterocycles. The second-order valence-electron chi connectivity index (χ2n) is 3.63. The number of anilines is 2. The molecule has 0 saturated carbocycles. The fourth-order valence-corrected chi connectivity index (χ4v) is 1.55. The number of benzene rings is 1. The van der Waals surface area contributed by atoms with Crippen molar-refractivity contribution in [2.75, 3.05) is 11.9 Å². The Balaban J connectivity index is 2.25. The van der Waals surface area contributed by atoms with Crippen molar-refractivity contribution in [2.45, 2.75) is 6.92 Å². The summed E-state index contributed by atoms with van der Waals surface area (Å²) >= 11 is 0. The molecule has 2 aromatic rings. The van der Waals surface area contributed by atoms with Crippen molar-refractivity contribution in [3.8, 4) is 0 Å². The van der Waals surface area contributed by atoms with Crippen LogP contribution in [0.4, 0.5) is 11.4 Å². The first-order valence-electron chi connectivity index (χ1n) is 5.74. The van der Waals surface area contributed by atoms with Crippen LogP contribution < -0.4 is 5.32 Å². The van der Waals surface area contributed by atoms with E-state index < -0.39 is 0 Å². The molecule has 0 bridgehead atoms. The largest absolute Gasteiger partial charge is 0.462 e. The molecule has 0 amide bonds. The standard InChI is InChI=1S/C14H14N2O2/c1-2-18-14(17)12-10-15-9-8-13(12)16-11-6-4-3-5-7-11/h3-10H,2H2,1H3,(H,15,16). The second-order valence-corrected chi connectivity index (χ2v) is 3.63. The van der Waals surface area contributed by atoms with Gasteiger partial charge in [-0.1, -0.05) is 18.2 Å². The van der Waals surface area contributed by atoms with Crippen molar-refractivity contribution in [1.82, 2.24) is 4.98 Å². The maximum absolute atomic E-state index is 11.8. The van der Waals surface area contributed by atoms with Gasteiger partial charge in [0, 0.05) is 18.1 Å². The average Bonchev–Trinajstić information content (AvgIpc) is 2.41. The minimum Gasteiger partial charge on any atom is -0.462 e. The van der Waals surface area contributed by atoms with Crippen LogP contribution in [0, 0.1) is 0 Å². The van der Waals surface area contributed by atoms with E-state index in [-0.39, 0.29) is 5.97 Å². The number of rotatable bonds is 4. The number of carbonyl (C=O) groups is 1. The number of nitrogens with zero attached hydrogens (tertiary/aromatic N) is 1. The molecule has 0 atom stereocenters. The van der Waals surface area contributed by atoms with Gasteiger partial charge in [0.1, 0.15) is 5.56 Å². The molecule has 0 aliphatic rings. The lowest BCUT2D eigenvalue weighted by Gasteiger charge is -2.10. The predicted molar refractivity (Wildman–Crippen MR) is 69.9 cm³/mol. The summed E-state index contributed by atoms with van der Waals surface area (Å²) < 4.78 is 4.99. The summed E-state index contributed by atoms with van der Waals surface area (Å²) in [5.74, 6) is -0.371. The predicted octanol–water partition coefficient (Wildman–Crippen LogP) is 3.00. The lowest BCUT2D eigenvalue weighted by molar-refractivity contribution is 0.0527. The summed E-state index contributed by atoms with van der Waals surface area (Å²) in [6.45, 7) is 2.12. The summed E-state index contributed by atoms with van der Waals surface area (Å²) in [7, 11) is 0. The number of esters is 1. The van der Waals surface area contributed by atoms with E-state index in [0.717, 1.165) is 5.69 Å². The van der Waals surface area contributed by atoms with E-state index in [1.807, 2.05) is 30.3 Å². The molecule has 92 valence electrons. The lowest BCUT2D eigenvalue weighted by Crippen LogP contribution is -2.08. The Morgan fingerprint density at radius 2 is 2.06 bits per heavy atom. The highest BCUT2D eigenvalue weighted by molar-refractivity contribution is 5.96. The van der Waals surface area contributed by atoms with Crippen LogP contribution >= 0.6 is 0 Å². The first-order valence-corrected chi connectivity index (χ1v) is 5.74. The molecule has 0 unspecified atom stereocenters. The van der Waals surface area contributed by atoms with Crippen LogP contribution in [0.3, 0.4) is 0 Å². The normalized spacial score (nSPS) is 9.83. The Labute approximate surface area is 106 Å². The van der Waals surface area contributed by atoms with Gasteiger partial charge in [-0.3, -0.25) is 4.98 Å². The Bertz CT molecular complexity index is 526. The minimum absolute atomic E-state index is 0.346. The van der Waals surface area contributed by atoms with Crippen LogP contribution in [0.15, 0.2) is 48.8 Å². The number of ether oxygens (including phenoxy) is 1. The van der Waals surface area contributed by atoms with Crippen molar-refractivity contribution in [3.63, 3.8) is 0 Å². The molecule has 4 nitrogen and oxygen atoms in total. The van der Waals surface area contributed by atoms with E-state index in [2.05, 4.69) is 10.3 Å². The number of hydrogen-bond acceptors (Lipinski definition) is 4. The van der Waals surface area contributed by atoms with Gasteiger partial charge in [0.25, 0.3) is 0 Å². The smallest absolute Gasteiger partial charge is 0.341 e. The highest BCUT2D eigenvalue weighted by Gasteiger charge is 2.12. The summed E-state index contributed by atoms with van der Waals surface area (Å²) in [6.07, 6.45) is 3.14. The molecule has 0 aliphatic heterocycles. The lowest BCUT2D eigenvalue weighted by atomic mass is 10.2. The first-order chi connectivity index (χ1) is 8.81. The molecule has 4 heteroatoms. The molecule has 1 heterocycles. The Hall–Kier alpha value is -2.36. The minimum atomic E-state index is -0.371. The summed E-state index contributed by atoms with van der Waals surface area (Å²) in [5, 5.41) is 3.17. The van der Waals surface area contributed by atoms with Crippen LogP contribution in [0.25, 0.3) is 0 Å². The number of pyridine rings is 1. The van der Waals surface area contributed by atoms with Crippen LogP contribution in [0.5, 0.6) is 0 Å². The van der Waals surface area contributed by atoms with Gasteiger partial charge in [-0.25, -0.2) is 4.79 Å². The van der Waals surface area contributed by atoms with E-state index in [9.17, 15) is 4.79 Å². The van der Waals surface area contributed by atoms with Crippen molar-refractivity contribution >= 4 is 17.3 Å². The highest BCUT2D eigenvalue weighted by atomic mass is 16.5. The summed E-state index contributed by atoms with van der Waals surface area (Å²) in [5.41, 5.74) is 2.03. The van der Waals surface area contributed by atoms with E-state index in [0.29, 0.717) is 17.9 Å². The number of nitrogens with one attached hydrogen (secondary N) is 1. The van der Waals surface area contributed by atoms with E-state index in [4.69, 9.17) is 4.74 Å². The molecule has 2 rings (SSSR count). The molecule has 18 heavy (non-hydrogen) atoms. The SMILES string of the molecule is CCOC(=O)c1cnccc1Nc1ccccc1. The van der Waals surface area contributed by atoms with Gasteiger partial charge < -0.3 is 10.1 Å². The molecule has 0 fully saturated rings. The molecule has 0 saturated heterocycles. The van der Waals surface area contributed by atoms with Gasteiger partial charge in [0.05, 0.1) is 12.3 Å². The number of carbonyl (C=O) groups excluding carboxylic acids is 1. The van der Waals surface area contributed by atoms with Gasteiger partial charge in [-0.05, 0) is 25.1 Å². The maximum Gasteiger partial charge on any atom is 0.341 e. The number of hydrogen-bond donors (Lipinski definition) is 1. The van der Waals surface area contributed by atoms with Crippen molar-refractivity contribution in [3.05, 3.63) is 54.4 Å². The first kappa shape index (κ1) is 12.1. The molecular weight excluding hydrogens is 228 g/mol. The number of aromatic nitrogens is 1. The monoisotopic (exact) mass is 242 g/mol. The Morgan fingerprint density at radius 3 is 2.78 bits per heavy atom. The zero-order valence-corrected chi connectivity index (χ0v) is 10.1. The quantitative estimate of drug-likeness (QED) is 0.837. The summed E-state index contributed by atoms with van der Waals surface area (Å²) in [6, 6.07) is 11.4. The Kier molecular flexibility index (Phi) is 3.91. The zero-order chi connectivity index (χ0) is 12.8. The third-order valence-electron chi connectivity index (χ3n) is 2.37. The van der Waals surface area contributed by atoms with Crippen molar-refractivity contribution in [2.24, 2.45) is 0 Å². The molecule has 1 aromatic carbocycles. The fourth-order valence-electron chi connectivity index (χ4n) is 1.55. The summed E-state index contributed by atoms with van der Waals surface area (Å²) in [4.78, 5) is 15.7. The van der Waals surface area contributed by atoms with Gasteiger partial charge >= 0.3 is 5.97 Å². The van der Waals surface area contributed by atoms with E-state index in [1.54, 1.807) is 19.2 Å². The fraction of sp³-hybridized carbons (Fsp3) is 0.143. The van der Waals surface area contributed by atoms with Gasteiger partial charge in [-0.2, -0.15) is 0 Å². The van der Waals surface area contributed by atoms with Crippen LogP contribution in [0.2, 0.25) is 0 Å². The van der Waals surface area contributed by atoms with E-state index >= 15 is 0 Å². The maximum atomic E-state index is 11.8. The number of para-hydroxylation sites is 1. The van der Waals surface area contributed by atoms with Gasteiger partial charge in [0.15, 0.2) is 0 Å². The molecule has 0 aliphatic carbocycles. The van der Waals surface area contributed by atoms with Gasteiger partial charge in [-0.15, -0.1) is 0 Å².